The second kappa shape index (κ2) is 16.3. The molecule has 8 rings (SSSR count). The monoisotopic (exact) mass is 817 g/mol. The molecule has 1 aliphatic heterocycles. The van der Waals surface area contributed by atoms with E-state index in [1.165, 1.54) is 88.2 Å². The molecule has 0 radical (unpaired) electrons. The summed E-state index contributed by atoms with van der Waals surface area (Å²) < 4.78 is 12.5. The topological polar surface area (TPSA) is 96.2 Å². The third-order valence-corrected chi connectivity index (χ3v) is 21.1. The zero-order valence-electron chi connectivity index (χ0n) is 38.4. The summed E-state index contributed by atoms with van der Waals surface area (Å²) >= 11 is 0. The van der Waals surface area contributed by atoms with Crippen LogP contribution in [-0.2, 0) is 27.1 Å². The van der Waals surface area contributed by atoms with Crippen molar-refractivity contribution in [1.29, 1.82) is 0 Å². The van der Waals surface area contributed by atoms with Crippen LogP contribution in [0.15, 0.2) is 24.3 Å². The van der Waals surface area contributed by atoms with Crippen LogP contribution in [0.3, 0.4) is 0 Å². The van der Waals surface area contributed by atoms with Crippen molar-refractivity contribution in [1.82, 2.24) is 0 Å². The maximum atomic E-state index is 13.1. The molecule has 59 heavy (non-hydrogen) atoms. The second-order valence-electron chi connectivity index (χ2n) is 23.3. The SMILES string of the molecule is CCCC1C2(O)CCC3(CO)C4(C)CCC5(CCCCCC6CCCCC6)C6CC(C)(C(=O)O)CCC6(C)CCC5(C)C4CCC13C(Cc1ccc(CCOC)cc1)O2. The van der Waals surface area contributed by atoms with Gasteiger partial charge in [-0.3, -0.25) is 4.79 Å². The number of unbranched alkanes of at least 4 members (excludes halogenated alkanes) is 2. The largest absolute Gasteiger partial charge is 0.481 e. The van der Waals surface area contributed by atoms with E-state index in [1.807, 2.05) is 0 Å². The summed E-state index contributed by atoms with van der Waals surface area (Å²) in [4.78, 5) is 13.1. The molecule has 12 atom stereocenters. The number of aliphatic hydroxyl groups is 2. The first-order valence-corrected chi connectivity index (χ1v) is 25.0. The number of benzene rings is 1. The van der Waals surface area contributed by atoms with Crippen molar-refractivity contribution in [3.8, 4) is 0 Å². The molecule has 6 aliphatic carbocycles. The number of rotatable bonds is 15. The molecule has 6 saturated carbocycles. The number of aliphatic hydroxyl groups excluding tert-OH is 1. The van der Waals surface area contributed by atoms with Gasteiger partial charge in [-0.25, -0.2) is 0 Å². The third-order valence-electron chi connectivity index (χ3n) is 21.1. The number of fused-ring (bicyclic) bond motifs is 7. The van der Waals surface area contributed by atoms with Crippen LogP contribution in [0.4, 0.5) is 0 Å². The average Bonchev–Trinajstić information content (AvgIpc) is 3.37. The van der Waals surface area contributed by atoms with E-state index in [-0.39, 0.29) is 51.1 Å². The van der Waals surface area contributed by atoms with Gasteiger partial charge in [0.15, 0.2) is 5.79 Å². The summed E-state index contributed by atoms with van der Waals surface area (Å²) in [5.74, 6) is -0.00297. The number of carboxylic acid groups (broad SMARTS) is 1. The molecule has 6 nitrogen and oxygen atoms in total. The van der Waals surface area contributed by atoms with E-state index in [2.05, 4.69) is 58.9 Å². The number of hydrogen-bond donors (Lipinski definition) is 3. The summed E-state index contributed by atoms with van der Waals surface area (Å²) in [5.41, 5.74) is 1.34. The Kier molecular flexibility index (Phi) is 12.2. The molecule has 332 valence electrons. The van der Waals surface area contributed by atoms with Crippen LogP contribution in [0.2, 0.25) is 0 Å². The highest BCUT2D eigenvalue weighted by molar-refractivity contribution is 5.74. The molecule has 1 spiro atoms. The lowest BCUT2D eigenvalue weighted by Gasteiger charge is -2.78. The fourth-order valence-corrected chi connectivity index (χ4v) is 17.8. The minimum atomic E-state index is -1.16. The van der Waals surface area contributed by atoms with Crippen molar-refractivity contribution in [3.05, 3.63) is 35.4 Å². The van der Waals surface area contributed by atoms with E-state index in [9.17, 15) is 20.1 Å². The highest BCUT2D eigenvalue weighted by Gasteiger charge is 2.82. The Hall–Kier alpha value is -1.47. The van der Waals surface area contributed by atoms with Crippen LogP contribution in [0, 0.1) is 61.6 Å². The molecule has 1 aromatic rings. The van der Waals surface area contributed by atoms with E-state index in [1.54, 1.807) is 7.11 Å². The first-order valence-electron chi connectivity index (χ1n) is 25.0. The van der Waals surface area contributed by atoms with Gasteiger partial charge in [0.25, 0.3) is 0 Å². The van der Waals surface area contributed by atoms with Crippen LogP contribution in [0.5, 0.6) is 0 Å². The van der Waals surface area contributed by atoms with Crippen molar-refractivity contribution in [2.75, 3.05) is 20.3 Å². The molecule has 0 aromatic heterocycles. The van der Waals surface area contributed by atoms with Gasteiger partial charge in [-0.1, -0.05) is 116 Å². The Balaban J connectivity index is 1.16. The summed E-state index contributed by atoms with van der Waals surface area (Å²) in [6, 6.07) is 8.99. The predicted molar refractivity (Wildman–Crippen MR) is 236 cm³/mol. The van der Waals surface area contributed by atoms with Gasteiger partial charge >= 0.3 is 5.97 Å². The maximum Gasteiger partial charge on any atom is 0.309 e. The van der Waals surface area contributed by atoms with Gasteiger partial charge in [0.2, 0.25) is 0 Å². The van der Waals surface area contributed by atoms with Crippen molar-refractivity contribution >= 4 is 5.97 Å². The Morgan fingerprint density at radius 3 is 2.20 bits per heavy atom. The molecule has 7 fully saturated rings. The van der Waals surface area contributed by atoms with E-state index in [4.69, 9.17) is 9.47 Å². The maximum absolute atomic E-state index is 13.1. The molecule has 2 bridgehead atoms. The number of methoxy groups -OCH3 is 1. The van der Waals surface area contributed by atoms with Gasteiger partial charge in [0.1, 0.15) is 0 Å². The lowest BCUT2D eigenvalue weighted by molar-refractivity contribution is -0.314. The lowest BCUT2D eigenvalue weighted by Crippen LogP contribution is -2.74. The smallest absolute Gasteiger partial charge is 0.309 e. The van der Waals surface area contributed by atoms with Gasteiger partial charge in [0.05, 0.1) is 18.1 Å². The standard InChI is InChI=1S/C53H84O6/c1-7-14-42-52-25-22-41-48(4)29-28-46(2)26-27-47(3,45(55)56)36-43(46)50(48,24-13-9-12-17-38-15-10-8-11-16-38)31-30-49(41,5)51(52,37-54)32-33-53(42,57)59-44(52)35-40-20-18-39(19-21-40)23-34-58-6/h18-21,38,41-44,54,57H,7-17,22-37H2,1-6H3,(H,55,56). The summed E-state index contributed by atoms with van der Waals surface area (Å²) in [6.45, 7) is 13.0. The highest BCUT2D eigenvalue weighted by Crippen LogP contribution is 2.84. The van der Waals surface area contributed by atoms with Gasteiger partial charge < -0.3 is 24.8 Å². The van der Waals surface area contributed by atoms with E-state index < -0.39 is 17.2 Å². The first-order chi connectivity index (χ1) is 28.1. The first kappa shape index (κ1) is 44.1. The van der Waals surface area contributed by atoms with Gasteiger partial charge in [-0.05, 0) is 147 Å². The second-order valence-corrected chi connectivity index (χ2v) is 23.3. The normalized spacial score (nSPS) is 45.6. The molecule has 7 aliphatic rings. The molecular formula is C53H84O6. The summed E-state index contributed by atoms with van der Waals surface area (Å²) in [5, 5.41) is 35.8. The highest BCUT2D eigenvalue weighted by atomic mass is 16.6. The van der Waals surface area contributed by atoms with Crippen LogP contribution >= 0.6 is 0 Å². The Morgan fingerprint density at radius 1 is 0.797 bits per heavy atom. The fraction of sp³-hybridized carbons (Fsp3) is 0.868. The molecule has 1 heterocycles. The zero-order valence-corrected chi connectivity index (χ0v) is 38.4. The van der Waals surface area contributed by atoms with Crippen molar-refractivity contribution in [2.45, 2.75) is 207 Å². The predicted octanol–water partition coefficient (Wildman–Crippen LogP) is 12.1. The lowest BCUT2D eigenvalue weighted by atomic mass is 9.26. The van der Waals surface area contributed by atoms with Crippen molar-refractivity contribution < 1.29 is 29.6 Å². The minimum absolute atomic E-state index is 0.00225. The van der Waals surface area contributed by atoms with Gasteiger partial charge in [-0.15, -0.1) is 0 Å². The van der Waals surface area contributed by atoms with Crippen molar-refractivity contribution in [2.24, 2.45) is 61.6 Å². The zero-order chi connectivity index (χ0) is 42.0. The Bertz CT molecular complexity index is 1640. The van der Waals surface area contributed by atoms with Gasteiger partial charge in [-0.2, -0.15) is 0 Å². The molecule has 3 N–H and O–H groups in total. The van der Waals surface area contributed by atoms with Crippen LogP contribution in [0.25, 0.3) is 0 Å². The molecule has 0 amide bonds. The van der Waals surface area contributed by atoms with Crippen LogP contribution in [-0.4, -0.2) is 53.5 Å². The summed E-state index contributed by atoms with van der Waals surface area (Å²) in [6.07, 6.45) is 27.7. The Labute approximate surface area is 358 Å². The third kappa shape index (κ3) is 6.69. The molecule has 1 saturated heterocycles. The summed E-state index contributed by atoms with van der Waals surface area (Å²) in [7, 11) is 1.76. The molecule has 6 heteroatoms. The van der Waals surface area contributed by atoms with E-state index in [0.717, 1.165) is 83.0 Å². The quantitative estimate of drug-likeness (QED) is 0.153. The molecule has 12 unspecified atom stereocenters. The van der Waals surface area contributed by atoms with E-state index >= 15 is 0 Å². The number of carbonyl (C=O) groups is 1. The number of ether oxygens (including phenoxy) is 2. The minimum Gasteiger partial charge on any atom is -0.481 e. The van der Waals surface area contributed by atoms with E-state index in [0.29, 0.717) is 24.9 Å². The van der Waals surface area contributed by atoms with Crippen molar-refractivity contribution in [3.63, 3.8) is 0 Å². The molecule has 1 aromatic carbocycles. The van der Waals surface area contributed by atoms with Gasteiger partial charge in [0, 0.05) is 36.9 Å². The number of aliphatic carboxylic acids is 1. The number of hydrogen-bond acceptors (Lipinski definition) is 5. The van der Waals surface area contributed by atoms with Crippen LogP contribution < -0.4 is 0 Å². The number of carboxylic acids is 1. The van der Waals surface area contributed by atoms with Crippen LogP contribution in [0.1, 0.15) is 193 Å². The Morgan fingerprint density at radius 2 is 1.51 bits per heavy atom. The fourth-order valence-electron chi connectivity index (χ4n) is 17.8. The average molecular weight is 817 g/mol. The molecular weight excluding hydrogens is 733 g/mol.